The summed E-state index contributed by atoms with van der Waals surface area (Å²) in [6.45, 7) is 3.85. The highest BCUT2D eigenvalue weighted by Crippen LogP contribution is 2.31. The zero-order valence-electron chi connectivity index (χ0n) is 39.8. The maximum Gasteiger partial charge on any atom is 0.376 e. The zero-order valence-corrected chi connectivity index (χ0v) is 39.8. The standard InChI is InChI=1S/C25H21F2N9O3.C23H18F2N10O2/c1-2-38-25(37)24-31-30-21-14-34(8-9-35(21)24)23-17(27)12-28-22(29-23)19-11-20(18-7-10-39-33-18)36(32-19)13-15-5-3-4-6-16(15)26;24-14-4-2-1-3-13(14)11-35-18(16-5-8-37-32-16)9-17(31-35)21-27-10-15(25)22(28-21)33-6-7-34-19(12-33)29-30-23(34)20(26)36/h3-7,10-12H,2,8-9,13-14H2,1H3;1-5,8-10H,6-7,11-12H2,(H2,26,36). The lowest BCUT2D eigenvalue weighted by atomic mass is 10.2. The number of anilines is 2. The van der Waals surface area contributed by atoms with E-state index in [9.17, 15) is 27.2 Å². The van der Waals surface area contributed by atoms with Gasteiger partial charge in [0, 0.05) is 49.4 Å². The van der Waals surface area contributed by atoms with Gasteiger partial charge in [-0.05, 0) is 31.2 Å². The average Bonchev–Trinajstić information content (AvgIpc) is 4.30. The van der Waals surface area contributed by atoms with Crippen LogP contribution in [-0.4, -0.2) is 111 Å². The smallest absolute Gasteiger partial charge is 0.376 e. The SMILES string of the molecule is CCOC(=O)c1nnc2n1CCN(c1nc(-c3cc(-c4ccon4)n(Cc4ccccc4F)n3)ncc1F)C2.NC(=O)c1nnc2n1CCN(c1nc(-c3cc(-c4ccon4)n(Cc4ccccc4F)n3)ncc1F)C2. The number of rotatable bonds is 13. The fraction of sp³-hybridized carbons (Fsp3) is 0.208. The molecule has 28 heteroatoms. The van der Waals surface area contributed by atoms with Gasteiger partial charge in [-0.25, -0.2) is 42.3 Å². The molecule has 0 saturated carbocycles. The molecule has 8 aromatic heterocycles. The van der Waals surface area contributed by atoms with Crippen molar-refractivity contribution in [3.63, 3.8) is 0 Å². The summed E-state index contributed by atoms with van der Waals surface area (Å²) < 4.78 is 79.9. The first-order valence-corrected chi connectivity index (χ1v) is 23.3. The van der Waals surface area contributed by atoms with Gasteiger partial charge in [-0.3, -0.25) is 14.2 Å². The molecule has 0 unspecified atom stereocenters. The minimum atomic E-state index is -0.684. The van der Waals surface area contributed by atoms with E-state index >= 15 is 0 Å². The van der Waals surface area contributed by atoms with Gasteiger partial charge in [-0.15, -0.1) is 20.4 Å². The highest BCUT2D eigenvalue weighted by atomic mass is 19.1. The second-order valence-corrected chi connectivity index (χ2v) is 16.9. The third-order valence-electron chi connectivity index (χ3n) is 12.2. The number of primary amides is 1. The van der Waals surface area contributed by atoms with Crippen molar-refractivity contribution < 1.29 is 40.9 Å². The number of fused-ring (bicyclic) bond motifs is 2. The minimum absolute atomic E-state index is 0.0477. The van der Waals surface area contributed by atoms with Gasteiger partial charge >= 0.3 is 5.97 Å². The van der Waals surface area contributed by atoms with Crippen LogP contribution in [0.15, 0.2) is 107 Å². The van der Waals surface area contributed by atoms with Crippen LogP contribution in [0.1, 0.15) is 50.9 Å². The van der Waals surface area contributed by atoms with Crippen molar-refractivity contribution in [1.82, 2.24) is 79.3 Å². The fourth-order valence-corrected chi connectivity index (χ4v) is 8.58. The van der Waals surface area contributed by atoms with Gasteiger partial charge < -0.3 is 38.5 Å². The van der Waals surface area contributed by atoms with Crippen molar-refractivity contribution in [2.24, 2.45) is 5.73 Å². The Balaban J connectivity index is 0.000000162. The zero-order chi connectivity index (χ0) is 52.5. The summed E-state index contributed by atoms with van der Waals surface area (Å²) in [6.07, 6.45) is 4.98. The number of ether oxygens (including phenoxy) is 1. The van der Waals surface area contributed by atoms with E-state index in [0.29, 0.717) is 83.1 Å². The molecule has 0 aliphatic carbocycles. The van der Waals surface area contributed by atoms with Crippen LogP contribution < -0.4 is 15.5 Å². The molecule has 24 nitrogen and oxygen atoms in total. The molecule has 0 bridgehead atoms. The summed E-state index contributed by atoms with van der Waals surface area (Å²) in [5.74, 6) is -1.71. The Hall–Kier alpha value is -10.0. The second kappa shape index (κ2) is 20.5. The number of carbonyl (C=O) groups excluding carboxylic acids is 2. The highest BCUT2D eigenvalue weighted by Gasteiger charge is 2.30. The maximum absolute atomic E-state index is 14.9. The molecule has 0 fully saturated rings. The van der Waals surface area contributed by atoms with E-state index in [1.54, 1.807) is 95.9 Å². The van der Waals surface area contributed by atoms with Crippen molar-refractivity contribution >= 4 is 23.5 Å². The van der Waals surface area contributed by atoms with E-state index < -0.39 is 23.5 Å². The number of hydrogen-bond acceptors (Lipinski definition) is 19. The lowest BCUT2D eigenvalue weighted by Crippen LogP contribution is -2.36. The van der Waals surface area contributed by atoms with E-state index in [4.69, 9.17) is 19.5 Å². The van der Waals surface area contributed by atoms with Crippen molar-refractivity contribution in [1.29, 1.82) is 0 Å². The van der Waals surface area contributed by atoms with Crippen molar-refractivity contribution in [2.45, 2.75) is 46.2 Å². The molecule has 12 rings (SSSR count). The number of amides is 1. The third-order valence-corrected chi connectivity index (χ3v) is 12.2. The summed E-state index contributed by atoms with van der Waals surface area (Å²) in [7, 11) is 0. The Labute approximate surface area is 425 Å². The van der Waals surface area contributed by atoms with Crippen LogP contribution in [0.3, 0.4) is 0 Å². The molecule has 76 heavy (non-hydrogen) atoms. The van der Waals surface area contributed by atoms with E-state index in [0.717, 1.165) is 12.4 Å². The van der Waals surface area contributed by atoms with Crippen LogP contribution in [-0.2, 0) is 44.0 Å². The Bertz CT molecular complexity index is 3740. The number of benzene rings is 2. The van der Waals surface area contributed by atoms with Crippen LogP contribution in [0.25, 0.3) is 45.8 Å². The molecule has 0 saturated heterocycles. The van der Waals surface area contributed by atoms with Gasteiger partial charge in [0.15, 0.2) is 46.6 Å². The summed E-state index contributed by atoms with van der Waals surface area (Å²) in [6, 6.07) is 19.4. The monoisotopic (exact) mass is 1040 g/mol. The Kier molecular flexibility index (Phi) is 13.0. The topological polar surface area (TPSA) is 277 Å². The lowest BCUT2D eigenvalue weighted by molar-refractivity contribution is 0.0504. The van der Waals surface area contributed by atoms with Crippen molar-refractivity contribution in [3.05, 3.63) is 155 Å². The Morgan fingerprint density at radius 1 is 0.605 bits per heavy atom. The Morgan fingerprint density at radius 3 is 1.53 bits per heavy atom. The van der Waals surface area contributed by atoms with Gasteiger partial charge in [0.1, 0.15) is 46.9 Å². The molecular formula is C48H39F4N19O5. The molecule has 10 aromatic rings. The largest absolute Gasteiger partial charge is 0.460 e. The molecule has 0 atom stereocenters. The number of nitrogens with zero attached hydrogens (tertiary/aromatic N) is 18. The molecule has 2 aliphatic heterocycles. The third kappa shape index (κ3) is 9.55. The molecule has 384 valence electrons. The van der Waals surface area contributed by atoms with Gasteiger partial charge in [-0.1, -0.05) is 46.7 Å². The number of nitrogens with two attached hydrogens (primary N) is 1. The number of aromatic nitrogens is 16. The summed E-state index contributed by atoms with van der Waals surface area (Å²) in [5, 5.41) is 33.0. The number of esters is 1. The molecule has 2 N–H and O–H groups in total. The molecule has 0 spiro atoms. The van der Waals surface area contributed by atoms with Crippen LogP contribution >= 0.6 is 0 Å². The van der Waals surface area contributed by atoms with Gasteiger partial charge in [0.05, 0.1) is 56.6 Å². The molecular weight excluding hydrogens is 999 g/mol. The number of hydrogen-bond donors (Lipinski definition) is 1. The maximum atomic E-state index is 14.9. The average molecular weight is 1040 g/mol. The van der Waals surface area contributed by atoms with Crippen LogP contribution in [0, 0.1) is 23.3 Å². The van der Waals surface area contributed by atoms with Crippen molar-refractivity contribution in [3.8, 4) is 45.8 Å². The van der Waals surface area contributed by atoms with Crippen LogP contribution in [0.4, 0.5) is 29.2 Å². The molecule has 1 amide bonds. The van der Waals surface area contributed by atoms with E-state index in [1.807, 2.05) is 0 Å². The van der Waals surface area contributed by atoms with Gasteiger partial charge in [0.2, 0.25) is 11.6 Å². The van der Waals surface area contributed by atoms with Gasteiger partial charge in [0.25, 0.3) is 5.91 Å². The number of halogens is 4. The van der Waals surface area contributed by atoms with Crippen LogP contribution in [0.2, 0.25) is 0 Å². The molecule has 10 heterocycles. The molecule has 2 aliphatic rings. The molecule has 0 radical (unpaired) electrons. The van der Waals surface area contributed by atoms with E-state index in [1.165, 1.54) is 24.7 Å². The lowest BCUT2D eigenvalue weighted by Gasteiger charge is -2.28. The summed E-state index contributed by atoms with van der Waals surface area (Å²) >= 11 is 0. The van der Waals surface area contributed by atoms with Crippen LogP contribution in [0.5, 0.6) is 0 Å². The minimum Gasteiger partial charge on any atom is -0.460 e. The summed E-state index contributed by atoms with van der Waals surface area (Å²) in [4.78, 5) is 44.3. The Morgan fingerprint density at radius 2 is 1.08 bits per heavy atom. The number of carbonyl (C=O) groups is 2. The quantitative estimate of drug-likeness (QED) is 0.116. The van der Waals surface area contributed by atoms with E-state index in [2.05, 4.69) is 60.8 Å². The fourth-order valence-electron chi connectivity index (χ4n) is 8.58. The summed E-state index contributed by atoms with van der Waals surface area (Å²) in [5.41, 5.74) is 8.95. The van der Waals surface area contributed by atoms with Crippen molar-refractivity contribution in [2.75, 3.05) is 29.5 Å². The first-order chi connectivity index (χ1) is 37.0. The second-order valence-electron chi connectivity index (χ2n) is 16.9. The molecule has 2 aromatic carbocycles. The van der Waals surface area contributed by atoms with Gasteiger partial charge in [-0.2, -0.15) is 10.2 Å². The predicted octanol–water partition coefficient (Wildman–Crippen LogP) is 5.14. The predicted molar refractivity (Wildman–Crippen MR) is 255 cm³/mol. The first-order valence-electron chi connectivity index (χ1n) is 23.3. The first kappa shape index (κ1) is 48.3. The van der Waals surface area contributed by atoms with E-state index in [-0.39, 0.29) is 79.4 Å². The normalized spacial score (nSPS) is 13.0. The highest BCUT2D eigenvalue weighted by molar-refractivity contribution is 5.89.